The van der Waals surface area contributed by atoms with E-state index in [1.165, 1.54) is 30.3 Å². The zero-order chi connectivity index (χ0) is 36.3. The number of nitrogen functional groups attached to an aromatic ring is 1. The molecule has 6 N–H and O–H groups in total. The van der Waals surface area contributed by atoms with E-state index >= 15 is 8.78 Å². The lowest BCUT2D eigenvalue weighted by atomic mass is 10.1. The summed E-state index contributed by atoms with van der Waals surface area (Å²) < 4.78 is 79.9. The molecule has 4 aromatic rings. The molecule has 0 fully saturated rings. The number of ether oxygens (including phenoxy) is 3. The number of nitrogens with zero attached hydrogens (tertiary/aromatic N) is 1. The van der Waals surface area contributed by atoms with Gasteiger partial charge in [0.05, 0.1) is 6.61 Å². The van der Waals surface area contributed by atoms with Crippen molar-refractivity contribution in [1.29, 1.82) is 5.41 Å². The maximum atomic E-state index is 15.8. The molecule has 16 heteroatoms. The van der Waals surface area contributed by atoms with Crippen LogP contribution < -0.4 is 25.3 Å². The van der Waals surface area contributed by atoms with Gasteiger partial charge >= 0.3 is 18.1 Å². The molecule has 0 spiro atoms. The van der Waals surface area contributed by atoms with Gasteiger partial charge in [0.25, 0.3) is 11.8 Å². The van der Waals surface area contributed by atoms with E-state index in [0.717, 1.165) is 5.56 Å². The third-order valence-electron chi connectivity index (χ3n) is 6.42. The molecule has 1 unspecified atom stereocenters. The predicted molar refractivity (Wildman–Crippen MR) is 168 cm³/mol. The number of carboxylic acids is 2. The maximum Gasteiger partial charge on any atom is 0.490 e. The van der Waals surface area contributed by atoms with E-state index in [-0.39, 0.29) is 28.6 Å². The molecular formula is C33H31F5N4O7. The molecule has 11 nitrogen and oxygen atoms in total. The number of nitrogens with one attached hydrogen (secondary N) is 2. The first-order valence-electron chi connectivity index (χ1n) is 14.4. The van der Waals surface area contributed by atoms with E-state index in [1.807, 2.05) is 30.3 Å². The Bertz CT molecular complexity index is 1790. The molecule has 0 saturated carbocycles. The molecule has 3 aromatic carbocycles. The highest BCUT2D eigenvalue weighted by Gasteiger charge is 2.38. The summed E-state index contributed by atoms with van der Waals surface area (Å²) in [6.07, 6.45) is -3.89. The van der Waals surface area contributed by atoms with Crippen molar-refractivity contribution in [1.82, 2.24) is 4.98 Å². The lowest BCUT2D eigenvalue weighted by Gasteiger charge is -2.19. The van der Waals surface area contributed by atoms with Gasteiger partial charge in [-0.2, -0.15) is 26.9 Å². The summed E-state index contributed by atoms with van der Waals surface area (Å²) in [5, 5.41) is 27.3. The van der Waals surface area contributed by atoms with Crippen LogP contribution in [0.4, 0.5) is 27.6 Å². The van der Waals surface area contributed by atoms with Gasteiger partial charge in [0.2, 0.25) is 11.6 Å². The smallest absolute Gasteiger partial charge is 0.490 e. The highest BCUT2D eigenvalue weighted by atomic mass is 19.4. The Kier molecular flexibility index (Phi) is 12.8. The summed E-state index contributed by atoms with van der Waals surface area (Å²) in [4.78, 5) is 24.7. The number of hydrogen-bond acceptors (Lipinski definition) is 8. The molecule has 4 rings (SSSR count). The Morgan fingerprint density at radius 1 is 0.939 bits per heavy atom. The molecule has 0 aliphatic carbocycles. The van der Waals surface area contributed by atoms with Gasteiger partial charge in [-0.1, -0.05) is 42.5 Å². The minimum Gasteiger partial charge on any atom is -0.494 e. The van der Waals surface area contributed by atoms with E-state index in [4.69, 9.17) is 35.3 Å². The first kappa shape index (κ1) is 37.5. The van der Waals surface area contributed by atoms with Crippen LogP contribution >= 0.6 is 0 Å². The highest BCUT2D eigenvalue weighted by Crippen LogP contribution is 2.38. The number of aromatic carboxylic acids is 1. The molecule has 0 aliphatic rings. The highest BCUT2D eigenvalue weighted by molar-refractivity contribution is 5.95. The second-order valence-electron chi connectivity index (χ2n) is 10.1. The van der Waals surface area contributed by atoms with Crippen molar-refractivity contribution >= 4 is 23.5 Å². The quantitative estimate of drug-likeness (QED) is 0.0540. The van der Waals surface area contributed by atoms with E-state index in [9.17, 15) is 23.1 Å². The second-order valence-corrected chi connectivity index (χ2v) is 10.1. The number of nitrogens with two attached hydrogens (primary N) is 1. The van der Waals surface area contributed by atoms with Gasteiger partial charge in [-0.3, -0.25) is 5.41 Å². The van der Waals surface area contributed by atoms with Crippen LogP contribution in [-0.2, 0) is 11.2 Å². The number of aliphatic carboxylic acids is 1. The number of aromatic nitrogens is 1. The van der Waals surface area contributed by atoms with E-state index in [0.29, 0.717) is 25.0 Å². The zero-order valence-corrected chi connectivity index (χ0v) is 26.0. The second kappa shape index (κ2) is 16.8. The molecule has 1 atom stereocenters. The molecule has 0 bridgehead atoms. The Labute approximate surface area is 276 Å². The van der Waals surface area contributed by atoms with Crippen molar-refractivity contribution in [3.8, 4) is 29.0 Å². The summed E-state index contributed by atoms with van der Waals surface area (Å²) in [7, 11) is 0. The van der Waals surface area contributed by atoms with Gasteiger partial charge < -0.3 is 35.5 Å². The van der Waals surface area contributed by atoms with Gasteiger partial charge in [0, 0.05) is 11.6 Å². The van der Waals surface area contributed by atoms with Crippen molar-refractivity contribution in [3.63, 3.8) is 0 Å². The third-order valence-corrected chi connectivity index (χ3v) is 6.42. The molecule has 1 heterocycles. The number of alkyl halides is 3. The van der Waals surface area contributed by atoms with E-state index in [1.54, 1.807) is 26.0 Å². The van der Waals surface area contributed by atoms with Gasteiger partial charge in [0.15, 0.2) is 0 Å². The number of hydrogen-bond donors (Lipinski definition) is 5. The number of benzene rings is 3. The molecule has 0 radical (unpaired) electrons. The van der Waals surface area contributed by atoms with E-state index < -0.39 is 53.2 Å². The molecule has 260 valence electrons. The fraction of sp³-hybridized carbons (Fsp3) is 0.212. The van der Waals surface area contributed by atoms with Crippen molar-refractivity contribution < 1.29 is 56.0 Å². The van der Waals surface area contributed by atoms with Crippen molar-refractivity contribution in [2.75, 3.05) is 11.9 Å². The van der Waals surface area contributed by atoms with Gasteiger partial charge in [-0.25, -0.2) is 9.59 Å². The van der Waals surface area contributed by atoms with Crippen LogP contribution in [0, 0.1) is 17.0 Å². The van der Waals surface area contributed by atoms with E-state index in [2.05, 4.69) is 10.3 Å². The maximum absolute atomic E-state index is 15.8. The number of rotatable bonds is 13. The fourth-order valence-corrected chi connectivity index (χ4v) is 4.07. The monoisotopic (exact) mass is 690 g/mol. The predicted octanol–water partition coefficient (Wildman–Crippen LogP) is 7.39. The Morgan fingerprint density at radius 3 is 2.14 bits per heavy atom. The number of aryl methyl sites for hydroxylation is 1. The summed E-state index contributed by atoms with van der Waals surface area (Å²) in [6, 6.07) is 19.3. The molecule has 49 heavy (non-hydrogen) atoms. The lowest BCUT2D eigenvalue weighted by Crippen LogP contribution is -2.21. The van der Waals surface area contributed by atoms with Crippen LogP contribution in [-0.4, -0.2) is 51.8 Å². The van der Waals surface area contributed by atoms with Crippen LogP contribution in [0.5, 0.6) is 29.0 Å². The number of amidine groups is 1. The van der Waals surface area contributed by atoms with Crippen LogP contribution in [0.3, 0.4) is 0 Å². The Hall–Kier alpha value is -5.93. The van der Waals surface area contributed by atoms with Gasteiger partial charge in [-0.15, -0.1) is 0 Å². The normalized spacial score (nSPS) is 11.4. The lowest BCUT2D eigenvalue weighted by molar-refractivity contribution is -0.192. The van der Waals surface area contributed by atoms with Crippen LogP contribution in [0.1, 0.15) is 41.8 Å². The molecule has 1 aromatic heterocycles. The molecule has 0 aliphatic heterocycles. The zero-order valence-electron chi connectivity index (χ0n) is 26.0. The largest absolute Gasteiger partial charge is 0.494 e. The number of halogens is 5. The molecular weight excluding hydrogens is 659 g/mol. The van der Waals surface area contributed by atoms with Crippen LogP contribution in [0.2, 0.25) is 0 Å². The van der Waals surface area contributed by atoms with Crippen molar-refractivity contribution in [3.05, 3.63) is 101 Å². The first-order chi connectivity index (χ1) is 23.1. The average molecular weight is 691 g/mol. The minimum atomic E-state index is -5.08. The van der Waals surface area contributed by atoms with Gasteiger partial charge in [-0.05, 0) is 62.6 Å². The summed E-state index contributed by atoms with van der Waals surface area (Å²) in [5.74, 6) is -7.85. The number of carboxylic acid groups (broad SMARTS) is 2. The average Bonchev–Trinajstić information content (AvgIpc) is 3.05. The number of carbonyl (C=O) groups is 2. The van der Waals surface area contributed by atoms with Crippen molar-refractivity contribution in [2.24, 2.45) is 5.73 Å². The molecule has 0 saturated heterocycles. The summed E-state index contributed by atoms with van der Waals surface area (Å²) in [5.41, 5.74) is 6.08. The minimum absolute atomic E-state index is 0.0852. The molecule has 0 amide bonds. The summed E-state index contributed by atoms with van der Waals surface area (Å²) in [6.45, 7) is 3.82. The van der Waals surface area contributed by atoms with Crippen molar-refractivity contribution in [2.45, 2.75) is 38.9 Å². The summed E-state index contributed by atoms with van der Waals surface area (Å²) >= 11 is 0. The number of pyridine rings is 1. The third kappa shape index (κ3) is 10.8. The Balaban J connectivity index is 0.000000838. The topological polar surface area (TPSA) is 177 Å². The fourth-order valence-electron chi connectivity index (χ4n) is 4.07. The first-order valence-corrected chi connectivity index (χ1v) is 14.4. The van der Waals surface area contributed by atoms with Crippen LogP contribution in [0.25, 0.3) is 0 Å². The number of anilines is 1. The SMILES string of the molecule is CCOc1ccc(Oc2nc(Oc3cccc(C(=N)N)c3)c(F)c(NC(C)CCc3ccccc3)c2F)c(C(=O)O)c1.O=C(O)C(F)(F)F. The standard InChI is InChI=1S/C31H30F2N4O5.C2HF3O2/c1-3-40-21-14-15-24(23(17-21)31(38)39)42-30-26(33)27(36-18(2)12-13-19-8-5-4-6-9-19)25(32)29(37-30)41-22-11-7-10-20(16-22)28(34)35;3-2(4,5)1(6)7/h4-11,14-18H,3,12-13H2,1-2H3,(H3,34,35)(H,36,37)(H,38,39);(H,6,7). The van der Waals surface area contributed by atoms with Crippen LogP contribution in [0.15, 0.2) is 72.8 Å². The Morgan fingerprint density at radius 2 is 1.57 bits per heavy atom. The van der Waals surface area contributed by atoms with Gasteiger partial charge in [0.1, 0.15) is 34.3 Å².